The molecule has 0 unspecified atom stereocenters. The lowest BCUT2D eigenvalue weighted by Crippen LogP contribution is -2.21. The highest BCUT2D eigenvalue weighted by molar-refractivity contribution is 5.49. The van der Waals surface area contributed by atoms with Crippen molar-refractivity contribution in [2.24, 2.45) is 0 Å². The van der Waals surface area contributed by atoms with Gasteiger partial charge in [0.1, 0.15) is 11.9 Å². The summed E-state index contributed by atoms with van der Waals surface area (Å²) < 4.78 is 5.78. The Balaban J connectivity index is 2.14. The molecule has 1 saturated carbocycles. The van der Waals surface area contributed by atoms with Crippen molar-refractivity contribution in [2.45, 2.75) is 51.6 Å². The van der Waals surface area contributed by atoms with Crippen LogP contribution in [0, 0.1) is 10.1 Å². The van der Waals surface area contributed by atoms with Gasteiger partial charge in [-0.3, -0.25) is 10.1 Å². The van der Waals surface area contributed by atoms with Crippen LogP contribution >= 0.6 is 0 Å². The Hall–Kier alpha value is -1.85. The van der Waals surface area contributed by atoms with E-state index in [0.29, 0.717) is 5.82 Å². The van der Waals surface area contributed by atoms with Crippen LogP contribution in [-0.2, 0) is 0 Å². The summed E-state index contributed by atoms with van der Waals surface area (Å²) >= 11 is 0. The van der Waals surface area contributed by atoms with Gasteiger partial charge >= 0.3 is 5.69 Å². The van der Waals surface area contributed by atoms with Gasteiger partial charge in [0.25, 0.3) is 5.88 Å². The van der Waals surface area contributed by atoms with Gasteiger partial charge in [-0.2, -0.15) is 4.98 Å². The van der Waals surface area contributed by atoms with Gasteiger partial charge in [-0.1, -0.05) is 13.3 Å². The van der Waals surface area contributed by atoms with Crippen LogP contribution in [0.1, 0.15) is 45.4 Å². The Kier molecular flexibility index (Phi) is 5.15. The van der Waals surface area contributed by atoms with Crippen LogP contribution < -0.4 is 10.1 Å². The standard InChI is InChI=1S/C14H21N3O3/c1-2-10-15-13-9-8-12(17(18)19)14(16-13)20-11-6-4-3-5-7-11/h8-9,11H,2-7,10H2,1H3,(H,15,16). The van der Waals surface area contributed by atoms with E-state index in [0.717, 1.165) is 38.6 Å². The number of nitrogens with one attached hydrogen (secondary N) is 1. The predicted octanol–water partition coefficient (Wildman–Crippen LogP) is 3.52. The predicted molar refractivity (Wildman–Crippen MR) is 77.2 cm³/mol. The topological polar surface area (TPSA) is 77.3 Å². The first kappa shape index (κ1) is 14.6. The van der Waals surface area contributed by atoms with Gasteiger partial charge in [-0.05, 0) is 38.2 Å². The SMILES string of the molecule is CCCNc1ccc([N+](=O)[O-])c(OC2CCCCC2)n1. The molecule has 1 heterocycles. The molecule has 1 aliphatic rings. The monoisotopic (exact) mass is 279 g/mol. The second-order valence-electron chi connectivity index (χ2n) is 5.08. The molecule has 1 aromatic heterocycles. The zero-order valence-electron chi connectivity index (χ0n) is 11.8. The summed E-state index contributed by atoms with van der Waals surface area (Å²) in [6.45, 7) is 2.84. The van der Waals surface area contributed by atoms with Crippen LogP contribution in [0.2, 0.25) is 0 Å². The van der Waals surface area contributed by atoms with E-state index in [1.165, 1.54) is 12.5 Å². The summed E-state index contributed by atoms with van der Waals surface area (Å²) in [5.41, 5.74) is -0.0578. The number of pyridine rings is 1. The lowest BCUT2D eigenvalue weighted by atomic mass is 9.98. The minimum Gasteiger partial charge on any atom is -0.469 e. The van der Waals surface area contributed by atoms with E-state index >= 15 is 0 Å². The fraction of sp³-hybridized carbons (Fsp3) is 0.643. The first-order chi connectivity index (χ1) is 9.70. The van der Waals surface area contributed by atoms with Gasteiger partial charge < -0.3 is 10.1 Å². The molecule has 0 radical (unpaired) electrons. The number of ether oxygens (including phenoxy) is 1. The van der Waals surface area contributed by atoms with Crippen molar-refractivity contribution in [3.05, 3.63) is 22.2 Å². The molecule has 0 saturated heterocycles. The van der Waals surface area contributed by atoms with Crippen molar-refractivity contribution in [1.29, 1.82) is 0 Å². The molecule has 0 amide bonds. The van der Waals surface area contributed by atoms with Crippen molar-refractivity contribution in [3.63, 3.8) is 0 Å². The van der Waals surface area contributed by atoms with E-state index < -0.39 is 4.92 Å². The first-order valence-electron chi connectivity index (χ1n) is 7.26. The van der Waals surface area contributed by atoms with E-state index in [-0.39, 0.29) is 17.7 Å². The molecule has 20 heavy (non-hydrogen) atoms. The fourth-order valence-corrected chi connectivity index (χ4v) is 2.35. The summed E-state index contributed by atoms with van der Waals surface area (Å²) in [5, 5.41) is 14.2. The molecule has 6 nitrogen and oxygen atoms in total. The zero-order chi connectivity index (χ0) is 14.4. The average molecular weight is 279 g/mol. The van der Waals surface area contributed by atoms with E-state index in [2.05, 4.69) is 17.2 Å². The van der Waals surface area contributed by atoms with Crippen LogP contribution in [0.3, 0.4) is 0 Å². The van der Waals surface area contributed by atoms with Gasteiger partial charge in [0.2, 0.25) is 0 Å². The van der Waals surface area contributed by atoms with Crippen LogP contribution in [0.4, 0.5) is 11.5 Å². The molecule has 6 heteroatoms. The molecule has 1 N–H and O–H groups in total. The number of nitrogens with zero attached hydrogens (tertiary/aromatic N) is 2. The molecule has 0 atom stereocenters. The van der Waals surface area contributed by atoms with E-state index in [1.54, 1.807) is 6.07 Å². The van der Waals surface area contributed by atoms with Crippen molar-refractivity contribution in [2.75, 3.05) is 11.9 Å². The van der Waals surface area contributed by atoms with Crippen LogP contribution in [0.25, 0.3) is 0 Å². The third-order valence-corrected chi connectivity index (χ3v) is 3.42. The average Bonchev–Trinajstić information content (AvgIpc) is 2.46. The van der Waals surface area contributed by atoms with Gasteiger partial charge in [0.05, 0.1) is 4.92 Å². The molecule has 110 valence electrons. The summed E-state index contributed by atoms with van der Waals surface area (Å²) in [7, 11) is 0. The quantitative estimate of drug-likeness (QED) is 0.636. The molecule has 2 rings (SSSR count). The Labute approximate surface area is 118 Å². The van der Waals surface area contributed by atoms with Crippen LogP contribution in [0.5, 0.6) is 5.88 Å². The van der Waals surface area contributed by atoms with Crippen molar-refractivity contribution >= 4 is 11.5 Å². The maximum atomic E-state index is 11.1. The molecular formula is C14H21N3O3. The summed E-state index contributed by atoms with van der Waals surface area (Å²) in [4.78, 5) is 14.9. The Morgan fingerprint density at radius 1 is 1.40 bits per heavy atom. The molecule has 1 aromatic rings. The van der Waals surface area contributed by atoms with E-state index in [4.69, 9.17) is 4.74 Å². The normalized spacial score (nSPS) is 15.8. The highest BCUT2D eigenvalue weighted by atomic mass is 16.6. The zero-order valence-corrected chi connectivity index (χ0v) is 11.8. The summed E-state index contributed by atoms with van der Waals surface area (Å²) in [5.74, 6) is 0.770. The largest absolute Gasteiger partial charge is 0.469 e. The number of hydrogen-bond donors (Lipinski definition) is 1. The third-order valence-electron chi connectivity index (χ3n) is 3.42. The lowest BCUT2D eigenvalue weighted by molar-refractivity contribution is -0.386. The lowest BCUT2D eigenvalue weighted by Gasteiger charge is -2.22. The molecule has 0 spiro atoms. The van der Waals surface area contributed by atoms with E-state index in [9.17, 15) is 10.1 Å². The van der Waals surface area contributed by atoms with Crippen molar-refractivity contribution in [1.82, 2.24) is 4.98 Å². The summed E-state index contributed by atoms with van der Waals surface area (Å²) in [6.07, 6.45) is 6.37. The van der Waals surface area contributed by atoms with Crippen molar-refractivity contribution < 1.29 is 9.66 Å². The maximum absolute atomic E-state index is 11.1. The Morgan fingerprint density at radius 3 is 2.80 bits per heavy atom. The molecule has 1 aliphatic carbocycles. The number of rotatable bonds is 6. The molecule has 1 fully saturated rings. The van der Waals surface area contributed by atoms with Crippen molar-refractivity contribution in [3.8, 4) is 5.88 Å². The van der Waals surface area contributed by atoms with Gasteiger partial charge in [0.15, 0.2) is 0 Å². The van der Waals surface area contributed by atoms with Gasteiger partial charge in [-0.15, -0.1) is 0 Å². The minimum absolute atomic E-state index is 0.0522. The third kappa shape index (κ3) is 3.82. The molecule has 0 bridgehead atoms. The second kappa shape index (κ2) is 7.07. The van der Waals surface area contributed by atoms with Gasteiger partial charge in [0, 0.05) is 12.6 Å². The minimum atomic E-state index is -0.436. The summed E-state index contributed by atoms with van der Waals surface area (Å²) in [6, 6.07) is 3.09. The van der Waals surface area contributed by atoms with Crippen LogP contribution in [-0.4, -0.2) is 22.6 Å². The second-order valence-corrected chi connectivity index (χ2v) is 5.08. The Morgan fingerprint density at radius 2 is 2.15 bits per heavy atom. The number of hydrogen-bond acceptors (Lipinski definition) is 5. The van der Waals surface area contributed by atoms with Gasteiger partial charge in [-0.25, -0.2) is 0 Å². The smallest absolute Gasteiger partial charge is 0.331 e. The molecular weight excluding hydrogens is 258 g/mol. The Bertz CT molecular complexity index is 459. The van der Waals surface area contributed by atoms with E-state index in [1.807, 2.05) is 0 Å². The van der Waals surface area contributed by atoms with Crippen LogP contribution in [0.15, 0.2) is 12.1 Å². The number of anilines is 1. The fourth-order valence-electron chi connectivity index (χ4n) is 2.35. The first-order valence-corrected chi connectivity index (χ1v) is 7.26. The molecule has 0 aromatic carbocycles. The highest BCUT2D eigenvalue weighted by Gasteiger charge is 2.22. The highest BCUT2D eigenvalue weighted by Crippen LogP contribution is 2.30. The molecule has 0 aliphatic heterocycles. The maximum Gasteiger partial charge on any atom is 0.331 e. The number of nitro groups is 1. The number of aromatic nitrogens is 1.